The molecule has 2 rings (SSSR count). The highest BCUT2D eigenvalue weighted by Gasteiger charge is 2.19. The average Bonchev–Trinajstić information content (AvgIpc) is 2.99. The molecule has 1 N–H and O–H groups in total. The lowest BCUT2D eigenvalue weighted by molar-refractivity contribution is 0.189. The molecule has 0 aromatic carbocycles. The molecule has 0 aliphatic carbocycles. The fourth-order valence-electron chi connectivity index (χ4n) is 3.26. The first kappa shape index (κ1) is 14.3. The van der Waals surface area contributed by atoms with Gasteiger partial charge in [-0.1, -0.05) is 0 Å². The van der Waals surface area contributed by atoms with Gasteiger partial charge < -0.3 is 10.2 Å². The van der Waals surface area contributed by atoms with Crippen molar-refractivity contribution in [3.05, 3.63) is 0 Å². The minimum absolute atomic E-state index is 0.686. The molecule has 0 aromatic rings. The highest BCUT2D eigenvalue weighted by atomic mass is 15.2. The average molecular weight is 253 g/mol. The van der Waals surface area contributed by atoms with Gasteiger partial charge in [0, 0.05) is 18.6 Å². The highest BCUT2D eigenvalue weighted by molar-refractivity contribution is 4.79. The maximum atomic E-state index is 3.62. The molecule has 18 heavy (non-hydrogen) atoms. The Morgan fingerprint density at radius 2 is 2.00 bits per heavy atom. The third-order valence-corrected chi connectivity index (χ3v) is 4.47. The van der Waals surface area contributed by atoms with E-state index in [2.05, 4.69) is 29.0 Å². The Kier molecular flexibility index (Phi) is 5.93. The molecule has 3 heteroatoms. The number of likely N-dealkylation sites (tertiary alicyclic amines) is 1. The van der Waals surface area contributed by atoms with Gasteiger partial charge in [0.15, 0.2) is 0 Å². The van der Waals surface area contributed by atoms with Gasteiger partial charge in [-0.15, -0.1) is 0 Å². The molecule has 0 radical (unpaired) electrons. The molecule has 2 saturated heterocycles. The van der Waals surface area contributed by atoms with Crippen LogP contribution in [0.4, 0.5) is 0 Å². The normalized spacial score (nSPS) is 25.7. The second-order valence-electron chi connectivity index (χ2n) is 6.28. The predicted molar refractivity (Wildman–Crippen MR) is 78.0 cm³/mol. The van der Waals surface area contributed by atoms with Gasteiger partial charge in [-0.3, -0.25) is 4.90 Å². The standard InChI is InChI=1S/C15H31N3/c1-14(2)18(13-15-7-5-8-16-15)12-6-11-17-9-3-4-10-17/h14-16H,3-13H2,1-2H3. The van der Waals surface area contributed by atoms with Crippen molar-refractivity contribution in [2.75, 3.05) is 39.3 Å². The summed E-state index contributed by atoms with van der Waals surface area (Å²) in [6.07, 6.45) is 6.91. The molecule has 0 bridgehead atoms. The van der Waals surface area contributed by atoms with Crippen LogP contribution in [-0.4, -0.2) is 61.2 Å². The number of hydrogen-bond acceptors (Lipinski definition) is 3. The maximum Gasteiger partial charge on any atom is 0.0195 e. The van der Waals surface area contributed by atoms with Crippen LogP contribution in [0.1, 0.15) is 46.0 Å². The van der Waals surface area contributed by atoms with Gasteiger partial charge in [0.25, 0.3) is 0 Å². The third kappa shape index (κ3) is 4.52. The lowest BCUT2D eigenvalue weighted by atomic mass is 10.2. The summed E-state index contributed by atoms with van der Waals surface area (Å²) in [7, 11) is 0. The first-order valence-corrected chi connectivity index (χ1v) is 7.95. The van der Waals surface area contributed by atoms with Gasteiger partial charge >= 0.3 is 0 Å². The molecule has 0 saturated carbocycles. The Balaban J connectivity index is 1.64. The smallest absolute Gasteiger partial charge is 0.0195 e. The number of hydrogen-bond donors (Lipinski definition) is 1. The van der Waals surface area contributed by atoms with Gasteiger partial charge in [0.05, 0.1) is 0 Å². The number of nitrogens with zero attached hydrogens (tertiary/aromatic N) is 2. The van der Waals surface area contributed by atoms with E-state index in [0.29, 0.717) is 6.04 Å². The number of rotatable bonds is 7. The van der Waals surface area contributed by atoms with E-state index in [1.807, 2.05) is 0 Å². The maximum absolute atomic E-state index is 3.62. The van der Waals surface area contributed by atoms with Gasteiger partial charge in [0.2, 0.25) is 0 Å². The van der Waals surface area contributed by atoms with Crippen LogP contribution in [0.2, 0.25) is 0 Å². The third-order valence-electron chi connectivity index (χ3n) is 4.47. The van der Waals surface area contributed by atoms with Crippen LogP contribution in [-0.2, 0) is 0 Å². The monoisotopic (exact) mass is 253 g/mol. The van der Waals surface area contributed by atoms with Crippen molar-refractivity contribution in [1.29, 1.82) is 0 Å². The van der Waals surface area contributed by atoms with E-state index in [1.165, 1.54) is 71.4 Å². The lowest BCUT2D eigenvalue weighted by Crippen LogP contribution is -2.42. The summed E-state index contributed by atoms with van der Waals surface area (Å²) in [4.78, 5) is 5.30. The molecule has 3 nitrogen and oxygen atoms in total. The van der Waals surface area contributed by atoms with Crippen molar-refractivity contribution in [1.82, 2.24) is 15.1 Å². The van der Waals surface area contributed by atoms with Crippen LogP contribution in [0.3, 0.4) is 0 Å². The van der Waals surface area contributed by atoms with Crippen LogP contribution >= 0.6 is 0 Å². The molecule has 2 heterocycles. The van der Waals surface area contributed by atoms with Crippen molar-refractivity contribution in [2.45, 2.75) is 58.0 Å². The highest BCUT2D eigenvalue weighted by Crippen LogP contribution is 2.11. The Bertz CT molecular complexity index is 218. The summed E-state index contributed by atoms with van der Waals surface area (Å²) in [5.41, 5.74) is 0. The zero-order valence-electron chi connectivity index (χ0n) is 12.3. The topological polar surface area (TPSA) is 18.5 Å². The number of nitrogens with one attached hydrogen (secondary N) is 1. The first-order valence-electron chi connectivity index (χ1n) is 7.95. The van der Waals surface area contributed by atoms with Crippen molar-refractivity contribution >= 4 is 0 Å². The summed E-state index contributed by atoms with van der Waals surface area (Å²) in [5.74, 6) is 0. The van der Waals surface area contributed by atoms with E-state index in [1.54, 1.807) is 0 Å². The van der Waals surface area contributed by atoms with Crippen LogP contribution in [0.25, 0.3) is 0 Å². The van der Waals surface area contributed by atoms with E-state index in [4.69, 9.17) is 0 Å². The molecule has 2 fully saturated rings. The SMILES string of the molecule is CC(C)N(CCCN1CCCC1)CC1CCCN1. The Labute approximate surface area is 113 Å². The molecule has 1 atom stereocenters. The summed E-state index contributed by atoms with van der Waals surface area (Å²) in [6.45, 7) is 12.4. The Morgan fingerprint density at radius 3 is 2.61 bits per heavy atom. The Hall–Kier alpha value is -0.120. The molecule has 2 aliphatic heterocycles. The summed E-state index contributed by atoms with van der Waals surface area (Å²) >= 11 is 0. The molecular weight excluding hydrogens is 222 g/mol. The molecule has 2 aliphatic rings. The van der Waals surface area contributed by atoms with Crippen LogP contribution in [0, 0.1) is 0 Å². The fourth-order valence-corrected chi connectivity index (χ4v) is 3.26. The van der Waals surface area contributed by atoms with Crippen molar-refractivity contribution in [3.63, 3.8) is 0 Å². The fraction of sp³-hybridized carbons (Fsp3) is 1.00. The minimum Gasteiger partial charge on any atom is -0.313 e. The van der Waals surface area contributed by atoms with Gasteiger partial charge in [-0.25, -0.2) is 0 Å². The Morgan fingerprint density at radius 1 is 1.22 bits per heavy atom. The first-order chi connectivity index (χ1) is 8.75. The van der Waals surface area contributed by atoms with Crippen LogP contribution < -0.4 is 5.32 Å². The second kappa shape index (κ2) is 7.46. The van der Waals surface area contributed by atoms with Gasteiger partial charge in [0.1, 0.15) is 0 Å². The summed E-state index contributed by atoms with van der Waals surface area (Å²) < 4.78 is 0. The van der Waals surface area contributed by atoms with Gasteiger partial charge in [-0.2, -0.15) is 0 Å². The molecule has 0 aromatic heterocycles. The van der Waals surface area contributed by atoms with E-state index in [0.717, 1.165) is 6.04 Å². The van der Waals surface area contributed by atoms with Crippen molar-refractivity contribution < 1.29 is 0 Å². The predicted octanol–water partition coefficient (Wildman–Crippen LogP) is 1.93. The quantitative estimate of drug-likeness (QED) is 0.748. The molecule has 0 spiro atoms. The molecule has 106 valence electrons. The second-order valence-corrected chi connectivity index (χ2v) is 6.28. The van der Waals surface area contributed by atoms with Crippen molar-refractivity contribution in [3.8, 4) is 0 Å². The summed E-state index contributed by atoms with van der Waals surface area (Å²) in [6, 6.07) is 1.44. The molecular formula is C15H31N3. The van der Waals surface area contributed by atoms with Crippen LogP contribution in [0.15, 0.2) is 0 Å². The summed E-state index contributed by atoms with van der Waals surface area (Å²) in [5, 5.41) is 3.62. The van der Waals surface area contributed by atoms with Crippen LogP contribution in [0.5, 0.6) is 0 Å². The van der Waals surface area contributed by atoms with E-state index < -0.39 is 0 Å². The lowest BCUT2D eigenvalue weighted by Gasteiger charge is -2.30. The minimum atomic E-state index is 0.686. The van der Waals surface area contributed by atoms with E-state index in [9.17, 15) is 0 Å². The van der Waals surface area contributed by atoms with Gasteiger partial charge in [-0.05, 0) is 78.7 Å². The molecule has 0 amide bonds. The zero-order chi connectivity index (χ0) is 12.8. The van der Waals surface area contributed by atoms with E-state index >= 15 is 0 Å². The zero-order valence-corrected chi connectivity index (χ0v) is 12.3. The van der Waals surface area contributed by atoms with E-state index in [-0.39, 0.29) is 0 Å². The largest absolute Gasteiger partial charge is 0.313 e. The van der Waals surface area contributed by atoms with Crippen molar-refractivity contribution in [2.24, 2.45) is 0 Å². The molecule has 1 unspecified atom stereocenters.